The summed E-state index contributed by atoms with van der Waals surface area (Å²) in [4.78, 5) is 15.6. The fraction of sp³-hybridized carbons (Fsp3) is 0.176. The van der Waals surface area contributed by atoms with Crippen molar-refractivity contribution < 1.29 is 18.3 Å². The molecular weight excluding hydrogens is 370 g/mol. The lowest BCUT2D eigenvalue weighted by Gasteiger charge is -2.14. The topological polar surface area (TPSA) is 65.2 Å². The summed E-state index contributed by atoms with van der Waals surface area (Å²) in [7, 11) is 0. The first-order chi connectivity index (χ1) is 12.0. The van der Waals surface area contributed by atoms with Crippen LogP contribution in [-0.4, -0.2) is 10.9 Å². The first kappa shape index (κ1) is 17.6. The van der Waals surface area contributed by atoms with Crippen LogP contribution in [-0.2, 0) is 6.61 Å². The van der Waals surface area contributed by atoms with Gasteiger partial charge in [0.2, 0.25) is 0 Å². The number of allylic oxidation sites excluding steroid dienone is 4. The van der Waals surface area contributed by atoms with Crippen LogP contribution in [0.3, 0.4) is 0 Å². The first-order valence-electron chi connectivity index (χ1n) is 7.34. The van der Waals surface area contributed by atoms with Gasteiger partial charge < -0.3 is 10.5 Å². The SMILES string of the molecule is NC(=O)c1c(F)ccc(OCc2nc(C3CC=CC=C3Cl)cs2)c1F. The first-order valence-corrected chi connectivity index (χ1v) is 8.60. The number of primary amides is 1. The molecule has 1 unspecified atom stereocenters. The number of carbonyl (C=O) groups excluding carboxylic acids is 1. The number of aromatic nitrogens is 1. The van der Waals surface area contributed by atoms with Gasteiger partial charge in [0.1, 0.15) is 23.0 Å². The van der Waals surface area contributed by atoms with E-state index in [-0.39, 0.29) is 18.3 Å². The van der Waals surface area contributed by atoms with E-state index in [0.29, 0.717) is 10.0 Å². The van der Waals surface area contributed by atoms with E-state index in [1.807, 2.05) is 23.6 Å². The Morgan fingerprint density at radius 3 is 2.96 bits per heavy atom. The second kappa shape index (κ2) is 7.33. The van der Waals surface area contributed by atoms with Gasteiger partial charge in [-0.05, 0) is 24.6 Å². The number of halogens is 3. The third-order valence-corrected chi connectivity index (χ3v) is 4.91. The van der Waals surface area contributed by atoms with Gasteiger partial charge in [-0.1, -0.05) is 23.8 Å². The lowest BCUT2D eigenvalue weighted by Crippen LogP contribution is -2.16. The van der Waals surface area contributed by atoms with Crippen molar-refractivity contribution in [3.05, 3.63) is 68.7 Å². The zero-order chi connectivity index (χ0) is 18.0. The maximum absolute atomic E-state index is 14.1. The number of ether oxygens (including phenoxy) is 1. The molecule has 25 heavy (non-hydrogen) atoms. The molecule has 0 spiro atoms. The van der Waals surface area contributed by atoms with Gasteiger partial charge in [-0.25, -0.2) is 13.8 Å². The molecule has 8 heteroatoms. The largest absolute Gasteiger partial charge is 0.483 e. The van der Waals surface area contributed by atoms with Gasteiger partial charge in [0.15, 0.2) is 11.6 Å². The summed E-state index contributed by atoms with van der Waals surface area (Å²) in [6, 6.07) is 2.04. The molecule has 130 valence electrons. The number of thiazole rings is 1. The molecule has 0 radical (unpaired) electrons. The molecule has 4 nitrogen and oxygen atoms in total. The highest BCUT2D eigenvalue weighted by Gasteiger charge is 2.21. The van der Waals surface area contributed by atoms with Crippen LogP contribution in [0.15, 0.2) is 40.8 Å². The zero-order valence-corrected chi connectivity index (χ0v) is 14.4. The smallest absolute Gasteiger partial charge is 0.254 e. The number of nitrogens with two attached hydrogens (primary N) is 1. The van der Waals surface area contributed by atoms with Crippen molar-refractivity contribution >= 4 is 28.8 Å². The summed E-state index contributed by atoms with van der Waals surface area (Å²) in [5.41, 5.74) is 4.98. The molecule has 2 aromatic rings. The van der Waals surface area contributed by atoms with E-state index >= 15 is 0 Å². The van der Waals surface area contributed by atoms with Crippen LogP contribution in [0.1, 0.15) is 33.4 Å². The van der Waals surface area contributed by atoms with Crippen molar-refractivity contribution in [1.82, 2.24) is 4.98 Å². The molecule has 1 aromatic carbocycles. The van der Waals surface area contributed by atoms with E-state index in [4.69, 9.17) is 22.1 Å². The molecule has 0 aliphatic heterocycles. The highest BCUT2D eigenvalue weighted by atomic mass is 35.5. The predicted molar refractivity (Wildman–Crippen MR) is 91.8 cm³/mol. The Hall–Kier alpha value is -2.25. The van der Waals surface area contributed by atoms with Crippen LogP contribution >= 0.6 is 22.9 Å². The molecule has 1 heterocycles. The van der Waals surface area contributed by atoms with Crippen LogP contribution < -0.4 is 10.5 Å². The van der Waals surface area contributed by atoms with Gasteiger partial charge in [-0.3, -0.25) is 4.79 Å². The second-order valence-electron chi connectivity index (χ2n) is 5.32. The van der Waals surface area contributed by atoms with Crippen LogP contribution in [0, 0.1) is 11.6 Å². The van der Waals surface area contributed by atoms with Crippen molar-refractivity contribution in [3.8, 4) is 5.75 Å². The molecule has 1 aromatic heterocycles. The van der Waals surface area contributed by atoms with E-state index in [1.165, 1.54) is 11.3 Å². The number of nitrogens with zero attached hydrogens (tertiary/aromatic N) is 1. The zero-order valence-electron chi connectivity index (χ0n) is 12.8. The monoisotopic (exact) mass is 382 g/mol. The molecule has 0 saturated heterocycles. The van der Waals surface area contributed by atoms with E-state index in [0.717, 1.165) is 24.2 Å². The number of benzene rings is 1. The number of rotatable bonds is 5. The summed E-state index contributed by atoms with van der Waals surface area (Å²) >= 11 is 7.55. The van der Waals surface area contributed by atoms with E-state index < -0.39 is 23.1 Å². The molecule has 0 bridgehead atoms. The minimum Gasteiger partial charge on any atom is -0.483 e. The molecule has 2 N–H and O–H groups in total. The summed E-state index contributed by atoms with van der Waals surface area (Å²) in [5, 5.41) is 3.18. The Balaban J connectivity index is 1.73. The van der Waals surface area contributed by atoms with E-state index in [2.05, 4.69) is 4.98 Å². The molecule has 1 aliphatic carbocycles. The third-order valence-electron chi connectivity index (χ3n) is 3.68. The molecule has 0 fully saturated rings. The summed E-state index contributed by atoms with van der Waals surface area (Å²) in [6.45, 7) is -0.0185. The molecule has 0 saturated carbocycles. The van der Waals surface area contributed by atoms with Gasteiger partial charge in [-0.2, -0.15) is 0 Å². The van der Waals surface area contributed by atoms with Gasteiger partial charge in [0.25, 0.3) is 5.91 Å². The number of carbonyl (C=O) groups is 1. The quantitative estimate of drug-likeness (QED) is 0.840. The normalized spacial score (nSPS) is 16.6. The minimum atomic E-state index is -1.19. The fourth-order valence-electron chi connectivity index (χ4n) is 2.43. The van der Waals surface area contributed by atoms with Gasteiger partial charge in [0.05, 0.1) is 5.69 Å². The van der Waals surface area contributed by atoms with E-state index in [1.54, 1.807) is 0 Å². The van der Waals surface area contributed by atoms with Crippen molar-refractivity contribution in [2.45, 2.75) is 18.9 Å². The molecule has 1 aliphatic rings. The lowest BCUT2D eigenvalue weighted by atomic mass is 9.98. The summed E-state index contributed by atoms with van der Waals surface area (Å²) in [5.74, 6) is -3.59. The number of hydrogen-bond donors (Lipinski definition) is 1. The number of hydrogen-bond acceptors (Lipinski definition) is 4. The van der Waals surface area contributed by atoms with E-state index in [9.17, 15) is 13.6 Å². The standard InChI is InChI=1S/C17H13ClF2N2O2S/c18-10-4-2-1-3-9(10)12-8-25-14(22-12)7-24-13-6-5-11(19)15(16(13)20)17(21)23/h1-2,4-6,8-9H,3,7H2,(H2,21,23). The predicted octanol–water partition coefficient (Wildman–Crippen LogP) is 4.27. The molecule has 3 rings (SSSR count). The summed E-state index contributed by atoms with van der Waals surface area (Å²) < 4.78 is 32.9. The van der Waals surface area contributed by atoms with Gasteiger partial charge in [-0.15, -0.1) is 11.3 Å². The maximum Gasteiger partial charge on any atom is 0.254 e. The Labute approximate surface area is 151 Å². The van der Waals surface area contributed by atoms with Crippen LogP contribution in [0.2, 0.25) is 0 Å². The average molecular weight is 383 g/mol. The minimum absolute atomic E-state index is 0.000637. The lowest BCUT2D eigenvalue weighted by molar-refractivity contribution is 0.0991. The third kappa shape index (κ3) is 3.72. The Kier molecular flexibility index (Phi) is 5.15. The van der Waals surface area contributed by atoms with Crippen molar-refractivity contribution in [2.24, 2.45) is 5.73 Å². The second-order valence-corrected chi connectivity index (χ2v) is 6.70. The highest BCUT2D eigenvalue weighted by molar-refractivity contribution is 7.09. The van der Waals surface area contributed by atoms with Gasteiger partial charge >= 0.3 is 0 Å². The van der Waals surface area contributed by atoms with Crippen LogP contribution in [0.25, 0.3) is 0 Å². The van der Waals surface area contributed by atoms with Crippen molar-refractivity contribution in [1.29, 1.82) is 0 Å². The maximum atomic E-state index is 14.1. The number of amides is 1. The van der Waals surface area contributed by atoms with Crippen molar-refractivity contribution in [2.75, 3.05) is 0 Å². The van der Waals surface area contributed by atoms with Gasteiger partial charge in [0, 0.05) is 16.3 Å². The Morgan fingerprint density at radius 1 is 1.44 bits per heavy atom. The van der Waals surface area contributed by atoms with Crippen molar-refractivity contribution in [3.63, 3.8) is 0 Å². The molecule has 1 amide bonds. The average Bonchev–Trinajstić information content (AvgIpc) is 3.03. The van der Waals surface area contributed by atoms with Crippen LogP contribution in [0.5, 0.6) is 5.75 Å². The van der Waals surface area contributed by atoms with Crippen LogP contribution in [0.4, 0.5) is 8.78 Å². The fourth-order valence-corrected chi connectivity index (χ4v) is 3.46. The molecule has 1 atom stereocenters. The summed E-state index contributed by atoms with van der Waals surface area (Å²) in [6.07, 6.45) is 6.48. The molecular formula is C17H13ClF2N2O2S. The highest BCUT2D eigenvalue weighted by Crippen LogP contribution is 2.34. The Morgan fingerprint density at radius 2 is 2.24 bits per heavy atom. The Bertz CT molecular complexity index is 880.